The maximum atomic E-state index is 13.5. The van der Waals surface area contributed by atoms with E-state index >= 15 is 0 Å². The Hall–Kier alpha value is -2.17. The average molecular weight is 267 g/mol. The number of anilines is 1. The van der Waals surface area contributed by atoms with Crippen molar-refractivity contribution in [3.05, 3.63) is 58.9 Å². The van der Waals surface area contributed by atoms with Crippen molar-refractivity contribution in [3.8, 4) is 5.75 Å². The van der Waals surface area contributed by atoms with Crippen LogP contribution in [0, 0.1) is 24.4 Å². The molecule has 0 spiro atoms. The Morgan fingerprint density at radius 1 is 1.05 bits per heavy atom. The second-order valence-electron chi connectivity index (χ2n) is 4.18. The van der Waals surface area contributed by atoms with E-state index in [-0.39, 0.29) is 23.4 Å². The Morgan fingerprint density at radius 3 is 2.53 bits per heavy atom. The van der Waals surface area contributed by atoms with Crippen molar-refractivity contribution in [2.75, 3.05) is 5.32 Å². The Bertz CT molecular complexity index is 614. The van der Waals surface area contributed by atoms with E-state index in [1.165, 1.54) is 19.1 Å². The van der Waals surface area contributed by atoms with Crippen molar-refractivity contribution in [2.45, 2.75) is 13.5 Å². The summed E-state index contributed by atoms with van der Waals surface area (Å²) in [4.78, 5) is 0. The molecule has 2 N–H and O–H groups in total. The van der Waals surface area contributed by atoms with E-state index in [2.05, 4.69) is 5.32 Å². The number of halogens is 3. The number of rotatable bonds is 3. The Kier molecular flexibility index (Phi) is 3.64. The van der Waals surface area contributed by atoms with E-state index in [9.17, 15) is 18.3 Å². The molecule has 0 saturated carbocycles. The second kappa shape index (κ2) is 5.22. The van der Waals surface area contributed by atoms with E-state index in [1.54, 1.807) is 0 Å². The molecule has 0 amide bonds. The number of benzene rings is 2. The quantitative estimate of drug-likeness (QED) is 0.888. The van der Waals surface area contributed by atoms with Gasteiger partial charge in [0.15, 0.2) is 11.6 Å². The lowest BCUT2D eigenvalue weighted by Gasteiger charge is -2.10. The van der Waals surface area contributed by atoms with Gasteiger partial charge in [0.05, 0.1) is 5.69 Å². The number of hydrogen-bond acceptors (Lipinski definition) is 2. The molecular weight excluding hydrogens is 255 g/mol. The second-order valence-corrected chi connectivity index (χ2v) is 4.18. The van der Waals surface area contributed by atoms with Crippen LogP contribution < -0.4 is 5.32 Å². The van der Waals surface area contributed by atoms with E-state index in [0.29, 0.717) is 0 Å². The number of nitrogens with one attached hydrogen (secondary N) is 1. The van der Waals surface area contributed by atoms with Crippen LogP contribution in [0.25, 0.3) is 0 Å². The normalized spacial score (nSPS) is 10.5. The number of para-hydroxylation sites is 1. The van der Waals surface area contributed by atoms with E-state index in [4.69, 9.17) is 0 Å². The SMILES string of the molecule is Cc1cc(F)c(NCc2cccc(F)c2O)cc1F. The standard InChI is InChI=1S/C14H12F3NO/c1-8-5-12(17)13(6-11(8)16)18-7-9-3-2-4-10(15)14(9)19/h2-6,18-19H,7H2,1H3. The fourth-order valence-corrected chi connectivity index (χ4v) is 1.67. The highest BCUT2D eigenvalue weighted by Crippen LogP contribution is 2.23. The van der Waals surface area contributed by atoms with Crippen LogP contribution in [-0.4, -0.2) is 5.11 Å². The van der Waals surface area contributed by atoms with E-state index in [0.717, 1.165) is 18.2 Å². The third-order valence-electron chi connectivity index (χ3n) is 2.79. The maximum absolute atomic E-state index is 13.5. The van der Waals surface area contributed by atoms with Gasteiger partial charge in [-0.3, -0.25) is 0 Å². The third kappa shape index (κ3) is 2.81. The molecule has 0 radical (unpaired) electrons. The molecule has 0 fully saturated rings. The van der Waals surface area contributed by atoms with Crippen molar-refractivity contribution >= 4 is 5.69 Å². The van der Waals surface area contributed by atoms with Crippen molar-refractivity contribution in [1.82, 2.24) is 0 Å². The van der Waals surface area contributed by atoms with Crippen LogP contribution in [0.5, 0.6) is 5.75 Å². The van der Waals surface area contributed by atoms with Crippen LogP contribution in [0.1, 0.15) is 11.1 Å². The summed E-state index contributed by atoms with van der Waals surface area (Å²) in [6, 6.07) is 6.14. The van der Waals surface area contributed by atoms with Crippen LogP contribution in [0.2, 0.25) is 0 Å². The number of phenols is 1. The summed E-state index contributed by atoms with van der Waals surface area (Å²) in [5, 5.41) is 12.1. The Morgan fingerprint density at radius 2 is 1.79 bits per heavy atom. The van der Waals surface area contributed by atoms with E-state index < -0.39 is 23.2 Å². The highest BCUT2D eigenvalue weighted by Gasteiger charge is 2.09. The van der Waals surface area contributed by atoms with Gasteiger partial charge in [-0.2, -0.15) is 0 Å². The maximum Gasteiger partial charge on any atom is 0.165 e. The predicted molar refractivity (Wildman–Crippen MR) is 66.5 cm³/mol. The molecule has 2 nitrogen and oxygen atoms in total. The fourth-order valence-electron chi connectivity index (χ4n) is 1.67. The molecule has 2 aromatic carbocycles. The monoisotopic (exact) mass is 267 g/mol. The van der Waals surface area contributed by atoms with Gasteiger partial charge in [-0.25, -0.2) is 13.2 Å². The van der Waals surface area contributed by atoms with Crippen LogP contribution in [0.4, 0.5) is 18.9 Å². The minimum atomic E-state index is -0.755. The number of aryl methyl sites for hydroxylation is 1. The Balaban J connectivity index is 2.19. The zero-order valence-electron chi connectivity index (χ0n) is 10.2. The van der Waals surface area contributed by atoms with Gasteiger partial charge in [-0.1, -0.05) is 12.1 Å². The first kappa shape index (κ1) is 13.3. The molecule has 0 aliphatic heterocycles. The number of hydrogen-bond donors (Lipinski definition) is 2. The smallest absolute Gasteiger partial charge is 0.165 e. The summed E-state index contributed by atoms with van der Waals surface area (Å²) in [6.45, 7) is 1.45. The van der Waals surface area contributed by atoms with Crippen molar-refractivity contribution in [3.63, 3.8) is 0 Å². The molecule has 0 bridgehead atoms. The lowest BCUT2D eigenvalue weighted by Crippen LogP contribution is -2.03. The fraction of sp³-hybridized carbons (Fsp3) is 0.143. The van der Waals surface area contributed by atoms with Crippen LogP contribution in [0.3, 0.4) is 0 Å². The molecule has 0 atom stereocenters. The van der Waals surface area contributed by atoms with Gasteiger partial charge in [0.1, 0.15) is 11.6 Å². The van der Waals surface area contributed by atoms with Gasteiger partial charge < -0.3 is 10.4 Å². The molecule has 0 saturated heterocycles. The van der Waals surface area contributed by atoms with Crippen molar-refractivity contribution < 1.29 is 18.3 Å². The van der Waals surface area contributed by atoms with Crippen LogP contribution >= 0.6 is 0 Å². The predicted octanol–water partition coefficient (Wildman–Crippen LogP) is 3.73. The molecule has 2 rings (SSSR count). The average Bonchev–Trinajstić information content (AvgIpc) is 2.37. The van der Waals surface area contributed by atoms with Gasteiger partial charge in [-0.15, -0.1) is 0 Å². The summed E-state index contributed by atoms with van der Waals surface area (Å²) in [6.07, 6.45) is 0. The van der Waals surface area contributed by atoms with Crippen molar-refractivity contribution in [1.29, 1.82) is 0 Å². The van der Waals surface area contributed by atoms with Crippen LogP contribution in [-0.2, 0) is 6.54 Å². The molecule has 0 heterocycles. The lowest BCUT2D eigenvalue weighted by molar-refractivity contribution is 0.426. The zero-order chi connectivity index (χ0) is 14.0. The lowest BCUT2D eigenvalue weighted by atomic mass is 10.1. The molecule has 0 unspecified atom stereocenters. The van der Waals surface area contributed by atoms with Gasteiger partial charge in [0.2, 0.25) is 0 Å². The summed E-state index contributed by atoms with van der Waals surface area (Å²) in [7, 11) is 0. The summed E-state index contributed by atoms with van der Waals surface area (Å²) >= 11 is 0. The first-order chi connectivity index (χ1) is 8.99. The largest absolute Gasteiger partial charge is 0.505 e. The zero-order valence-corrected chi connectivity index (χ0v) is 10.2. The Labute approximate surface area is 108 Å². The van der Waals surface area contributed by atoms with Crippen LogP contribution in [0.15, 0.2) is 30.3 Å². The van der Waals surface area contributed by atoms with Gasteiger partial charge in [-0.05, 0) is 24.6 Å². The molecule has 5 heteroatoms. The van der Waals surface area contributed by atoms with E-state index in [1.807, 2.05) is 0 Å². The van der Waals surface area contributed by atoms with Gasteiger partial charge in [0.25, 0.3) is 0 Å². The first-order valence-corrected chi connectivity index (χ1v) is 5.65. The molecule has 2 aromatic rings. The summed E-state index contributed by atoms with van der Waals surface area (Å²) in [5.74, 6) is -2.39. The molecular formula is C14H12F3NO. The summed E-state index contributed by atoms with van der Waals surface area (Å²) < 4.78 is 39.9. The highest BCUT2D eigenvalue weighted by molar-refractivity contribution is 5.48. The number of phenolic OH excluding ortho intramolecular Hbond substituents is 1. The summed E-state index contributed by atoms with van der Waals surface area (Å²) in [5.41, 5.74) is 0.434. The molecule has 100 valence electrons. The molecule has 0 aliphatic rings. The highest BCUT2D eigenvalue weighted by atomic mass is 19.1. The minimum Gasteiger partial charge on any atom is -0.505 e. The van der Waals surface area contributed by atoms with Crippen molar-refractivity contribution in [2.24, 2.45) is 0 Å². The third-order valence-corrected chi connectivity index (χ3v) is 2.79. The molecule has 19 heavy (non-hydrogen) atoms. The van der Waals surface area contributed by atoms with Gasteiger partial charge >= 0.3 is 0 Å². The molecule has 0 aliphatic carbocycles. The number of aromatic hydroxyl groups is 1. The first-order valence-electron chi connectivity index (χ1n) is 5.65. The molecule has 0 aromatic heterocycles. The topological polar surface area (TPSA) is 32.3 Å². The van der Waals surface area contributed by atoms with Gasteiger partial charge in [0, 0.05) is 18.2 Å². The minimum absolute atomic E-state index is 0.0109.